The van der Waals surface area contributed by atoms with E-state index < -0.39 is 0 Å². The lowest BCUT2D eigenvalue weighted by Gasteiger charge is -1.80. The average molecular weight is 265 g/mol. The summed E-state index contributed by atoms with van der Waals surface area (Å²) in [4.78, 5) is 28.5. The molecule has 110 valence electrons. The maximum atomic E-state index is 9.70. The molecule has 0 saturated heterocycles. The van der Waals surface area contributed by atoms with Crippen LogP contribution in [0.2, 0.25) is 0 Å². The molecule has 0 aliphatic carbocycles. The molecule has 0 rings (SSSR count). The van der Waals surface area contributed by atoms with Gasteiger partial charge in [0.15, 0.2) is 0 Å². The van der Waals surface area contributed by atoms with Crippen LogP contribution in [-0.2, 0) is 14.4 Å². The molecule has 0 aromatic carbocycles. The number of carbonyl (C=O) groups excluding carboxylic acids is 3. The van der Waals surface area contributed by atoms with E-state index in [2.05, 4.69) is 16.8 Å². The van der Waals surface area contributed by atoms with E-state index in [1.54, 1.807) is 27.8 Å². The van der Waals surface area contributed by atoms with Crippen molar-refractivity contribution in [3.05, 3.63) is 0 Å². The Morgan fingerprint density at radius 2 is 1.28 bits per heavy atom. The molecule has 7 heteroatoms. The van der Waals surface area contributed by atoms with Gasteiger partial charge in [0.05, 0.1) is 0 Å². The zero-order valence-corrected chi connectivity index (χ0v) is 12.1. The van der Waals surface area contributed by atoms with Gasteiger partial charge in [0.1, 0.15) is 0 Å². The van der Waals surface area contributed by atoms with E-state index in [-0.39, 0.29) is 23.8 Å². The van der Waals surface area contributed by atoms with Crippen LogP contribution in [0.4, 0.5) is 0 Å². The zero-order chi connectivity index (χ0) is 15.7. The number of hydrogen-bond acceptors (Lipinski definition) is 4. The van der Waals surface area contributed by atoms with E-state index in [1.165, 1.54) is 13.8 Å². The van der Waals surface area contributed by atoms with Gasteiger partial charge in [-0.1, -0.05) is 6.92 Å². The molecular formula is C11H27N3O4. The monoisotopic (exact) mass is 265 g/mol. The maximum absolute atomic E-state index is 9.70. The van der Waals surface area contributed by atoms with Gasteiger partial charge in [-0.25, -0.2) is 0 Å². The Morgan fingerprint density at radius 3 is 1.28 bits per heavy atom. The second kappa shape index (κ2) is 20.7. The summed E-state index contributed by atoms with van der Waals surface area (Å²) in [6, 6.07) is 0. The Labute approximate surface area is 109 Å². The molecule has 7 nitrogen and oxygen atoms in total. The lowest BCUT2D eigenvalue weighted by molar-refractivity contribution is -0.119. The zero-order valence-electron chi connectivity index (χ0n) is 12.1. The van der Waals surface area contributed by atoms with E-state index in [0.717, 1.165) is 0 Å². The van der Waals surface area contributed by atoms with Crippen LogP contribution in [0, 0.1) is 0 Å². The minimum Gasteiger partial charge on any atom is -0.394 e. The molecule has 0 spiro atoms. The molecule has 0 aliphatic heterocycles. The van der Waals surface area contributed by atoms with Crippen molar-refractivity contribution in [2.24, 2.45) is 11.5 Å². The summed E-state index contributed by atoms with van der Waals surface area (Å²) in [5, 5.41) is 10.4. The number of nitrogens with two attached hydrogens (primary N) is 2. The highest BCUT2D eigenvalue weighted by atomic mass is 16.3. The second-order valence-electron chi connectivity index (χ2n) is 3.33. The molecule has 0 radical (unpaired) electrons. The first-order valence-corrected chi connectivity index (χ1v) is 5.41. The Kier molecular flexibility index (Phi) is 29.1. The molecule has 0 bridgehead atoms. The third kappa shape index (κ3) is 457. The standard InChI is InChI=1S/2C3H7NO.C3H8O.C2H5NO/c1-3(5)4-2;1-2-3(4)5;1-3(2)4;1-2(3)4/h1-2H3,(H,4,5);2H2,1H3,(H2,4,5);3-4H,1-2H3;1H3,(H2,3,4). The number of hydrogen-bond donors (Lipinski definition) is 4. The van der Waals surface area contributed by atoms with Gasteiger partial charge in [0.2, 0.25) is 17.7 Å². The van der Waals surface area contributed by atoms with Gasteiger partial charge >= 0.3 is 0 Å². The van der Waals surface area contributed by atoms with Crippen molar-refractivity contribution in [1.82, 2.24) is 5.32 Å². The number of rotatable bonds is 1. The largest absolute Gasteiger partial charge is 0.394 e. The summed E-state index contributed by atoms with van der Waals surface area (Å²) in [7, 11) is 1.60. The average Bonchev–Trinajstić information content (AvgIpc) is 2.16. The normalized spacial score (nSPS) is 7.33. The van der Waals surface area contributed by atoms with E-state index in [4.69, 9.17) is 5.11 Å². The van der Waals surface area contributed by atoms with Crippen LogP contribution in [0.5, 0.6) is 0 Å². The molecule has 0 aromatic rings. The van der Waals surface area contributed by atoms with E-state index in [1.807, 2.05) is 0 Å². The van der Waals surface area contributed by atoms with Crippen LogP contribution in [0.1, 0.15) is 41.0 Å². The van der Waals surface area contributed by atoms with Gasteiger partial charge in [0.25, 0.3) is 0 Å². The summed E-state index contributed by atoms with van der Waals surface area (Å²) >= 11 is 0. The summed E-state index contributed by atoms with van der Waals surface area (Å²) in [6.45, 7) is 7.95. The third-order valence-electron chi connectivity index (χ3n) is 0.701. The van der Waals surface area contributed by atoms with Crippen LogP contribution in [0.3, 0.4) is 0 Å². The fourth-order valence-corrected chi connectivity index (χ4v) is 0. The summed E-state index contributed by atoms with van der Waals surface area (Å²) in [6.07, 6.45) is 0.278. The lowest BCUT2D eigenvalue weighted by atomic mass is 10.5. The van der Waals surface area contributed by atoms with E-state index >= 15 is 0 Å². The first-order chi connectivity index (χ1) is 8.00. The smallest absolute Gasteiger partial charge is 0.217 e. The van der Waals surface area contributed by atoms with Crippen molar-refractivity contribution in [1.29, 1.82) is 0 Å². The molecule has 3 amide bonds. The second-order valence-corrected chi connectivity index (χ2v) is 3.33. The van der Waals surface area contributed by atoms with Crippen molar-refractivity contribution in [3.8, 4) is 0 Å². The number of aliphatic hydroxyl groups is 1. The summed E-state index contributed by atoms with van der Waals surface area (Å²) in [5.74, 6) is -0.574. The molecule has 0 aliphatic rings. The summed E-state index contributed by atoms with van der Waals surface area (Å²) in [5.41, 5.74) is 9.12. The van der Waals surface area contributed by atoms with Crippen LogP contribution in [0.25, 0.3) is 0 Å². The summed E-state index contributed by atoms with van der Waals surface area (Å²) < 4.78 is 0. The van der Waals surface area contributed by atoms with Crippen LogP contribution in [-0.4, -0.2) is 36.0 Å². The predicted molar refractivity (Wildman–Crippen MR) is 71.4 cm³/mol. The van der Waals surface area contributed by atoms with E-state index in [0.29, 0.717) is 6.42 Å². The molecule has 0 aromatic heterocycles. The van der Waals surface area contributed by atoms with Crippen molar-refractivity contribution in [2.45, 2.75) is 47.1 Å². The highest BCUT2D eigenvalue weighted by Crippen LogP contribution is 1.65. The first kappa shape index (κ1) is 25.3. The SMILES string of the molecule is CC(C)O.CC(N)=O.CCC(N)=O.CNC(C)=O. The molecule has 0 atom stereocenters. The fourth-order valence-electron chi connectivity index (χ4n) is 0. The Bertz CT molecular complexity index is 198. The van der Waals surface area contributed by atoms with Gasteiger partial charge in [-0.3, -0.25) is 14.4 Å². The van der Waals surface area contributed by atoms with Gasteiger partial charge in [-0.2, -0.15) is 0 Å². The van der Waals surface area contributed by atoms with E-state index in [9.17, 15) is 14.4 Å². The van der Waals surface area contributed by atoms with Gasteiger partial charge in [-0.15, -0.1) is 0 Å². The van der Waals surface area contributed by atoms with Crippen LogP contribution >= 0.6 is 0 Å². The highest BCUT2D eigenvalue weighted by Gasteiger charge is 1.77. The molecule has 6 N–H and O–H groups in total. The maximum Gasteiger partial charge on any atom is 0.217 e. The minimum absolute atomic E-state index is 0.00463. The Morgan fingerprint density at radius 1 is 1.17 bits per heavy atom. The van der Waals surface area contributed by atoms with Gasteiger partial charge in [0, 0.05) is 33.4 Å². The van der Waals surface area contributed by atoms with Crippen molar-refractivity contribution >= 4 is 17.7 Å². The van der Waals surface area contributed by atoms with Crippen molar-refractivity contribution in [3.63, 3.8) is 0 Å². The minimum atomic E-state index is -0.333. The molecular weight excluding hydrogens is 238 g/mol. The number of carbonyl (C=O) groups is 3. The Hall–Kier alpha value is -1.63. The number of primary amides is 2. The molecule has 0 fully saturated rings. The third-order valence-corrected chi connectivity index (χ3v) is 0.701. The Balaban J connectivity index is -0.0000000731. The fraction of sp³-hybridized carbons (Fsp3) is 0.727. The molecule has 0 heterocycles. The highest BCUT2D eigenvalue weighted by molar-refractivity contribution is 5.73. The topological polar surface area (TPSA) is 136 Å². The number of aliphatic hydroxyl groups excluding tert-OH is 1. The quantitative estimate of drug-likeness (QED) is 0.508. The van der Waals surface area contributed by atoms with Crippen molar-refractivity contribution < 1.29 is 19.5 Å². The molecule has 0 saturated carbocycles. The van der Waals surface area contributed by atoms with Gasteiger partial charge in [-0.05, 0) is 13.8 Å². The lowest BCUT2D eigenvalue weighted by Crippen LogP contribution is -2.11. The van der Waals surface area contributed by atoms with Gasteiger partial charge < -0.3 is 21.9 Å². The van der Waals surface area contributed by atoms with Crippen LogP contribution in [0.15, 0.2) is 0 Å². The number of amides is 3. The predicted octanol–water partition coefficient (Wildman–Crippen LogP) is -0.487. The first-order valence-electron chi connectivity index (χ1n) is 5.41. The number of nitrogens with one attached hydrogen (secondary N) is 1. The molecule has 18 heavy (non-hydrogen) atoms. The van der Waals surface area contributed by atoms with Crippen molar-refractivity contribution in [2.75, 3.05) is 7.05 Å². The molecule has 0 unspecified atom stereocenters. The van der Waals surface area contributed by atoms with Crippen LogP contribution < -0.4 is 16.8 Å².